The van der Waals surface area contributed by atoms with Gasteiger partial charge in [-0.25, -0.2) is 4.79 Å². The van der Waals surface area contributed by atoms with Crippen LogP contribution in [0.1, 0.15) is 36.8 Å². The number of carbonyl (C=O) groups excluding carboxylic acids is 1. The van der Waals surface area contributed by atoms with E-state index in [9.17, 15) is 9.90 Å². The lowest BCUT2D eigenvalue weighted by Crippen LogP contribution is -2.41. The summed E-state index contributed by atoms with van der Waals surface area (Å²) in [6.07, 6.45) is 3.05. The van der Waals surface area contributed by atoms with Gasteiger partial charge >= 0.3 is 6.03 Å². The fourth-order valence-corrected chi connectivity index (χ4v) is 2.43. The molecule has 0 radical (unpaired) electrons. The lowest BCUT2D eigenvalue weighted by Gasteiger charge is -2.26. The summed E-state index contributed by atoms with van der Waals surface area (Å²) in [5.41, 5.74) is 3.04. The highest BCUT2D eigenvalue weighted by Gasteiger charge is 2.20. The maximum atomic E-state index is 11.9. The van der Waals surface area contributed by atoms with Crippen molar-refractivity contribution in [1.29, 1.82) is 0 Å². The Morgan fingerprint density at radius 1 is 1.21 bits per heavy atom. The number of aryl methyl sites for hydroxylation is 2. The Bertz CT molecular complexity index is 451. The number of amides is 2. The van der Waals surface area contributed by atoms with Crippen LogP contribution in [0.4, 0.5) is 10.5 Å². The average molecular weight is 262 g/mol. The number of hydrogen-bond donors (Lipinski definition) is 3. The van der Waals surface area contributed by atoms with Crippen molar-refractivity contribution < 1.29 is 9.90 Å². The molecule has 2 amide bonds. The van der Waals surface area contributed by atoms with Crippen molar-refractivity contribution in [2.75, 3.05) is 5.32 Å². The Morgan fingerprint density at radius 3 is 2.58 bits per heavy atom. The van der Waals surface area contributed by atoms with Crippen molar-refractivity contribution in [2.45, 2.75) is 51.7 Å². The van der Waals surface area contributed by atoms with Crippen molar-refractivity contribution in [3.63, 3.8) is 0 Å². The molecule has 4 nitrogen and oxygen atoms in total. The molecule has 104 valence electrons. The summed E-state index contributed by atoms with van der Waals surface area (Å²) in [4.78, 5) is 11.9. The maximum Gasteiger partial charge on any atom is 0.319 e. The van der Waals surface area contributed by atoms with Crippen LogP contribution in [0.5, 0.6) is 0 Å². The summed E-state index contributed by atoms with van der Waals surface area (Å²) in [5, 5.41) is 15.3. The number of rotatable bonds is 2. The Morgan fingerprint density at radius 2 is 1.89 bits per heavy atom. The van der Waals surface area contributed by atoms with E-state index in [0.717, 1.165) is 42.5 Å². The summed E-state index contributed by atoms with van der Waals surface area (Å²) in [5.74, 6) is 0. The molecule has 0 spiro atoms. The average Bonchev–Trinajstić information content (AvgIpc) is 2.37. The van der Waals surface area contributed by atoms with E-state index < -0.39 is 0 Å². The summed E-state index contributed by atoms with van der Waals surface area (Å²) in [7, 11) is 0. The number of nitrogens with one attached hydrogen (secondary N) is 2. The largest absolute Gasteiger partial charge is 0.393 e. The van der Waals surface area contributed by atoms with Crippen LogP contribution in [0.15, 0.2) is 18.2 Å². The summed E-state index contributed by atoms with van der Waals surface area (Å²) < 4.78 is 0. The fraction of sp³-hybridized carbons (Fsp3) is 0.533. The number of hydrogen-bond acceptors (Lipinski definition) is 2. The number of benzene rings is 1. The molecule has 0 atom stereocenters. The highest BCUT2D eigenvalue weighted by atomic mass is 16.3. The Balaban J connectivity index is 1.89. The molecule has 0 saturated heterocycles. The van der Waals surface area contributed by atoms with E-state index >= 15 is 0 Å². The van der Waals surface area contributed by atoms with Crippen LogP contribution < -0.4 is 10.6 Å². The predicted molar refractivity (Wildman–Crippen MR) is 76.3 cm³/mol. The number of aliphatic hydroxyl groups is 1. The van der Waals surface area contributed by atoms with Gasteiger partial charge in [0.25, 0.3) is 0 Å². The Hall–Kier alpha value is -1.55. The Kier molecular flexibility index (Phi) is 4.43. The molecule has 0 heterocycles. The van der Waals surface area contributed by atoms with Crippen molar-refractivity contribution in [2.24, 2.45) is 0 Å². The zero-order valence-corrected chi connectivity index (χ0v) is 11.6. The number of urea groups is 1. The third kappa shape index (κ3) is 3.96. The van der Waals surface area contributed by atoms with E-state index in [1.54, 1.807) is 0 Å². The van der Waals surface area contributed by atoms with Crippen molar-refractivity contribution >= 4 is 11.7 Å². The van der Waals surface area contributed by atoms with E-state index in [0.29, 0.717) is 0 Å². The molecule has 19 heavy (non-hydrogen) atoms. The molecule has 4 heteroatoms. The number of aliphatic hydroxyl groups excluding tert-OH is 1. The van der Waals surface area contributed by atoms with Crippen molar-refractivity contribution in [3.05, 3.63) is 29.3 Å². The lowest BCUT2D eigenvalue weighted by atomic mass is 9.93. The van der Waals surface area contributed by atoms with Gasteiger partial charge in [-0.2, -0.15) is 0 Å². The van der Waals surface area contributed by atoms with Gasteiger partial charge in [0.1, 0.15) is 0 Å². The summed E-state index contributed by atoms with van der Waals surface area (Å²) in [6.45, 7) is 3.98. The molecule has 1 fully saturated rings. The quantitative estimate of drug-likeness (QED) is 0.767. The van der Waals surface area contributed by atoms with Crippen molar-refractivity contribution in [1.82, 2.24) is 5.32 Å². The van der Waals surface area contributed by atoms with Crippen LogP contribution in [-0.4, -0.2) is 23.3 Å². The van der Waals surface area contributed by atoms with Gasteiger partial charge in [-0.1, -0.05) is 12.1 Å². The van der Waals surface area contributed by atoms with Gasteiger partial charge in [-0.3, -0.25) is 0 Å². The standard InChI is InChI=1S/C15H22N2O2/c1-10-3-4-11(2)14(9-10)17-15(19)16-12-5-7-13(18)8-6-12/h3-4,9,12-13,18H,5-8H2,1-2H3,(H2,16,17,19). The van der Waals surface area contributed by atoms with Gasteiger partial charge in [-0.15, -0.1) is 0 Å². The van der Waals surface area contributed by atoms with Crippen LogP contribution in [0.25, 0.3) is 0 Å². The molecule has 1 aromatic rings. The molecule has 0 aliphatic heterocycles. The van der Waals surface area contributed by atoms with E-state index in [2.05, 4.69) is 10.6 Å². The molecule has 0 aromatic heterocycles. The molecular formula is C15H22N2O2. The molecular weight excluding hydrogens is 240 g/mol. The first kappa shape index (κ1) is 13.9. The number of anilines is 1. The highest BCUT2D eigenvalue weighted by Crippen LogP contribution is 2.19. The second-order valence-corrected chi connectivity index (χ2v) is 5.42. The molecule has 1 aromatic carbocycles. The second kappa shape index (κ2) is 6.06. The lowest BCUT2D eigenvalue weighted by molar-refractivity contribution is 0.118. The number of carbonyl (C=O) groups is 1. The van der Waals surface area contributed by atoms with Gasteiger partial charge in [-0.05, 0) is 56.7 Å². The van der Waals surface area contributed by atoms with E-state index in [1.165, 1.54) is 0 Å². The molecule has 3 N–H and O–H groups in total. The predicted octanol–water partition coefficient (Wildman–Crippen LogP) is 2.73. The van der Waals surface area contributed by atoms with Gasteiger partial charge in [0.2, 0.25) is 0 Å². The third-order valence-corrected chi connectivity index (χ3v) is 3.67. The molecule has 1 saturated carbocycles. The monoisotopic (exact) mass is 262 g/mol. The molecule has 2 rings (SSSR count). The van der Waals surface area contributed by atoms with E-state index in [4.69, 9.17) is 0 Å². The van der Waals surface area contributed by atoms with E-state index in [1.807, 2.05) is 32.0 Å². The van der Waals surface area contributed by atoms with Crippen molar-refractivity contribution in [3.8, 4) is 0 Å². The topological polar surface area (TPSA) is 61.4 Å². The normalized spacial score (nSPS) is 22.9. The van der Waals surface area contributed by atoms with Crippen LogP contribution >= 0.6 is 0 Å². The molecule has 0 bridgehead atoms. The van der Waals surface area contributed by atoms with Crippen LogP contribution in [0.2, 0.25) is 0 Å². The van der Waals surface area contributed by atoms with Gasteiger partial charge < -0.3 is 15.7 Å². The molecule has 0 unspecified atom stereocenters. The first-order valence-electron chi connectivity index (χ1n) is 6.87. The Labute approximate surface area is 114 Å². The minimum Gasteiger partial charge on any atom is -0.393 e. The minimum atomic E-state index is -0.194. The zero-order valence-electron chi connectivity index (χ0n) is 11.6. The van der Waals surface area contributed by atoms with Gasteiger partial charge in [0.05, 0.1) is 6.10 Å². The van der Waals surface area contributed by atoms with Crippen LogP contribution in [0, 0.1) is 13.8 Å². The smallest absolute Gasteiger partial charge is 0.319 e. The summed E-state index contributed by atoms with van der Waals surface area (Å²) >= 11 is 0. The third-order valence-electron chi connectivity index (χ3n) is 3.67. The second-order valence-electron chi connectivity index (χ2n) is 5.42. The minimum absolute atomic E-state index is 0.157. The maximum absolute atomic E-state index is 11.9. The first-order chi connectivity index (χ1) is 9.04. The van der Waals surface area contributed by atoms with E-state index in [-0.39, 0.29) is 18.2 Å². The molecule has 1 aliphatic rings. The summed E-state index contributed by atoms with van der Waals surface area (Å²) in [6, 6.07) is 6.02. The highest BCUT2D eigenvalue weighted by molar-refractivity contribution is 5.90. The van der Waals surface area contributed by atoms with Crippen LogP contribution in [0.3, 0.4) is 0 Å². The SMILES string of the molecule is Cc1ccc(C)c(NC(=O)NC2CCC(O)CC2)c1. The van der Waals surface area contributed by atoms with Crippen LogP contribution in [-0.2, 0) is 0 Å². The zero-order chi connectivity index (χ0) is 13.8. The fourth-order valence-electron chi connectivity index (χ4n) is 2.43. The first-order valence-corrected chi connectivity index (χ1v) is 6.87. The van der Waals surface area contributed by atoms with Gasteiger partial charge in [0, 0.05) is 11.7 Å². The van der Waals surface area contributed by atoms with Gasteiger partial charge in [0.15, 0.2) is 0 Å². The molecule has 1 aliphatic carbocycles.